The molecule has 1 fully saturated rings. The number of hydrogen-bond acceptors (Lipinski definition) is 3. The zero-order valence-corrected chi connectivity index (χ0v) is 14.2. The Balaban J connectivity index is 1.76. The number of nitrogens with one attached hydrogen (secondary N) is 1. The lowest BCUT2D eigenvalue weighted by Gasteiger charge is -2.34. The molecule has 126 valence electrons. The van der Waals surface area contributed by atoms with Crippen LogP contribution in [0.15, 0.2) is 24.3 Å². The number of amides is 2. The number of rotatable bonds is 6. The first kappa shape index (κ1) is 17.5. The van der Waals surface area contributed by atoms with E-state index in [1.165, 1.54) is 0 Å². The van der Waals surface area contributed by atoms with Crippen LogP contribution in [0.4, 0.5) is 0 Å². The Bertz CT molecular complexity index is 537. The molecular formula is C18H27N3O2. The van der Waals surface area contributed by atoms with E-state index in [9.17, 15) is 9.59 Å². The molecule has 1 aromatic carbocycles. The maximum absolute atomic E-state index is 12.4. The fourth-order valence-electron chi connectivity index (χ4n) is 2.76. The number of hydrogen-bond donors (Lipinski definition) is 1. The van der Waals surface area contributed by atoms with Gasteiger partial charge < -0.3 is 10.2 Å². The molecule has 0 unspecified atom stereocenters. The van der Waals surface area contributed by atoms with E-state index in [-0.39, 0.29) is 11.8 Å². The maximum atomic E-state index is 12.4. The van der Waals surface area contributed by atoms with Crippen molar-refractivity contribution in [1.82, 2.24) is 15.1 Å². The molecule has 1 N–H and O–H groups in total. The second-order valence-corrected chi connectivity index (χ2v) is 6.11. The van der Waals surface area contributed by atoms with Crippen LogP contribution < -0.4 is 5.32 Å². The highest BCUT2D eigenvalue weighted by atomic mass is 16.2. The smallest absolute Gasteiger partial charge is 0.234 e. The first-order valence-electron chi connectivity index (χ1n) is 8.41. The Hall–Kier alpha value is -1.88. The molecule has 1 heterocycles. The molecule has 2 amide bonds. The third-order valence-corrected chi connectivity index (χ3v) is 4.27. The summed E-state index contributed by atoms with van der Waals surface area (Å²) in [6, 6.07) is 8.02. The van der Waals surface area contributed by atoms with E-state index in [0.717, 1.165) is 37.2 Å². The van der Waals surface area contributed by atoms with Gasteiger partial charge in [-0.15, -0.1) is 0 Å². The number of piperazine rings is 1. The molecule has 1 aromatic rings. The van der Waals surface area contributed by atoms with Crippen LogP contribution in [0.25, 0.3) is 0 Å². The molecule has 0 aliphatic carbocycles. The third-order valence-electron chi connectivity index (χ3n) is 4.27. The van der Waals surface area contributed by atoms with Crippen molar-refractivity contribution in [3.05, 3.63) is 35.4 Å². The Morgan fingerprint density at radius 3 is 2.48 bits per heavy atom. The molecule has 0 aromatic heterocycles. The van der Waals surface area contributed by atoms with Crippen LogP contribution in [0.2, 0.25) is 0 Å². The molecule has 1 aliphatic heterocycles. The number of carbonyl (C=O) groups excluding carboxylic acids is 2. The number of aryl methyl sites for hydroxylation is 1. The first-order valence-corrected chi connectivity index (χ1v) is 8.41. The molecule has 0 atom stereocenters. The lowest BCUT2D eigenvalue weighted by atomic mass is 10.1. The van der Waals surface area contributed by atoms with Crippen molar-refractivity contribution >= 4 is 11.8 Å². The highest BCUT2D eigenvalue weighted by Gasteiger charge is 2.22. The highest BCUT2D eigenvalue weighted by Crippen LogP contribution is 2.11. The standard InChI is InChI=1S/C18H27N3O2/c1-3-8-19-17(22)14-20-9-11-21(12-10-20)18(23)13-16-7-5-4-6-15(16)2/h4-7H,3,8-14H2,1-2H3,(H,19,22). The largest absolute Gasteiger partial charge is 0.355 e. The SMILES string of the molecule is CCCNC(=O)CN1CCN(C(=O)Cc2ccccc2C)CC1. The Kier molecular flexibility index (Phi) is 6.59. The summed E-state index contributed by atoms with van der Waals surface area (Å²) in [6.45, 7) is 8.16. The van der Waals surface area contributed by atoms with Gasteiger partial charge in [0.2, 0.25) is 11.8 Å². The van der Waals surface area contributed by atoms with Gasteiger partial charge >= 0.3 is 0 Å². The fraction of sp³-hybridized carbons (Fsp3) is 0.556. The molecule has 23 heavy (non-hydrogen) atoms. The Morgan fingerprint density at radius 1 is 1.13 bits per heavy atom. The molecular weight excluding hydrogens is 290 g/mol. The molecule has 0 spiro atoms. The van der Waals surface area contributed by atoms with Crippen molar-refractivity contribution in [3.63, 3.8) is 0 Å². The zero-order chi connectivity index (χ0) is 16.7. The van der Waals surface area contributed by atoms with Gasteiger partial charge in [0.05, 0.1) is 13.0 Å². The summed E-state index contributed by atoms with van der Waals surface area (Å²) in [7, 11) is 0. The molecule has 0 bridgehead atoms. The van der Waals surface area contributed by atoms with Gasteiger partial charge in [0.15, 0.2) is 0 Å². The van der Waals surface area contributed by atoms with Gasteiger partial charge in [-0.3, -0.25) is 14.5 Å². The Morgan fingerprint density at radius 2 is 1.83 bits per heavy atom. The minimum atomic E-state index is 0.0755. The van der Waals surface area contributed by atoms with E-state index in [1.54, 1.807) is 0 Å². The summed E-state index contributed by atoms with van der Waals surface area (Å²) in [5.74, 6) is 0.251. The van der Waals surface area contributed by atoms with Crippen molar-refractivity contribution in [2.24, 2.45) is 0 Å². The zero-order valence-electron chi connectivity index (χ0n) is 14.2. The quantitative estimate of drug-likeness (QED) is 0.858. The van der Waals surface area contributed by atoms with E-state index in [0.29, 0.717) is 26.1 Å². The maximum Gasteiger partial charge on any atom is 0.234 e. The Labute approximate surface area is 138 Å². The number of carbonyl (C=O) groups is 2. The van der Waals surface area contributed by atoms with Crippen LogP contribution >= 0.6 is 0 Å². The van der Waals surface area contributed by atoms with Crippen molar-refractivity contribution in [3.8, 4) is 0 Å². The van der Waals surface area contributed by atoms with Crippen LogP contribution in [-0.4, -0.2) is 60.9 Å². The van der Waals surface area contributed by atoms with Gasteiger partial charge in [-0.25, -0.2) is 0 Å². The summed E-state index contributed by atoms with van der Waals surface area (Å²) in [5.41, 5.74) is 2.26. The lowest BCUT2D eigenvalue weighted by molar-refractivity contribution is -0.132. The number of benzene rings is 1. The lowest BCUT2D eigenvalue weighted by Crippen LogP contribution is -2.51. The molecule has 0 radical (unpaired) electrons. The highest BCUT2D eigenvalue weighted by molar-refractivity contribution is 5.79. The van der Waals surface area contributed by atoms with Crippen LogP contribution in [0.3, 0.4) is 0 Å². The average molecular weight is 317 g/mol. The van der Waals surface area contributed by atoms with E-state index >= 15 is 0 Å². The van der Waals surface area contributed by atoms with Gasteiger partial charge in [-0.2, -0.15) is 0 Å². The third kappa shape index (κ3) is 5.36. The minimum Gasteiger partial charge on any atom is -0.355 e. The summed E-state index contributed by atoms with van der Waals surface area (Å²) >= 11 is 0. The molecule has 1 saturated heterocycles. The predicted molar refractivity (Wildman–Crippen MR) is 91.2 cm³/mol. The normalized spacial score (nSPS) is 15.5. The van der Waals surface area contributed by atoms with Crippen LogP contribution in [-0.2, 0) is 16.0 Å². The van der Waals surface area contributed by atoms with Gasteiger partial charge in [0.25, 0.3) is 0 Å². The average Bonchev–Trinajstić information content (AvgIpc) is 2.55. The molecule has 2 rings (SSSR count). The van der Waals surface area contributed by atoms with Crippen molar-refractivity contribution in [2.45, 2.75) is 26.7 Å². The fourth-order valence-corrected chi connectivity index (χ4v) is 2.76. The summed E-state index contributed by atoms with van der Waals surface area (Å²) in [6.07, 6.45) is 1.41. The second kappa shape index (κ2) is 8.67. The van der Waals surface area contributed by atoms with Crippen LogP contribution in [0.5, 0.6) is 0 Å². The van der Waals surface area contributed by atoms with Gasteiger partial charge in [-0.1, -0.05) is 31.2 Å². The van der Waals surface area contributed by atoms with Crippen LogP contribution in [0, 0.1) is 6.92 Å². The van der Waals surface area contributed by atoms with Gasteiger partial charge in [0, 0.05) is 32.7 Å². The van der Waals surface area contributed by atoms with Crippen molar-refractivity contribution < 1.29 is 9.59 Å². The van der Waals surface area contributed by atoms with Gasteiger partial charge in [-0.05, 0) is 24.5 Å². The topological polar surface area (TPSA) is 52.7 Å². The van der Waals surface area contributed by atoms with E-state index < -0.39 is 0 Å². The van der Waals surface area contributed by atoms with Crippen molar-refractivity contribution in [1.29, 1.82) is 0 Å². The number of nitrogens with zero attached hydrogens (tertiary/aromatic N) is 2. The first-order chi connectivity index (χ1) is 11.1. The molecule has 5 nitrogen and oxygen atoms in total. The van der Waals surface area contributed by atoms with E-state index in [2.05, 4.69) is 10.2 Å². The summed E-state index contributed by atoms with van der Waals surface area (Å²) < 4.78 is 0. The summed E-state index contributed by atoms with van der Waals surface area (Å²) in [5, 5.41) is 2.89. The predicted octanol–water partition coefficient (Wildman–Crippen LogP) is 1.21. The second-order valence-electron chi connectivity index (χ2n) is 6.11. The van der Waals surface area contributed by atoms with Gasteiger partial charge in [0.1, 0.15) is 0 Å². The van der Waals surface area contributed by atoms with E-state index in [1.807, 2.05) is 43.0 Å². The molecule has 0 saturated carbocycles. The van der Waals surface area contributed by atoms with Crippen LogP contribution in [0.1, 0.15) is 24.5 Å². The van der Waals surface area contributed by atoms with Crippen molar-refractivity contribution in [2.75, 3.05) is 39.3 Å². The monoisotopic (exact) mass is 317 g/mol. The molecule has 1 aliphatic rings. The summed E-state index contributed by atoms with van der Waals surface area (Å²) in [4.78, 5) is 28.2. The van der Waals surface area contributed by atoms with E-state index in [4.69, 9.17) is 0 Å². The minimum absolute atomic E-state index is 0.0755. The molecule has 5 heteroatoms.